The highest BCUT2D eigenvalue weighted by Gasteiger charge is 2.61. The van der Waals surface area contributed by atoms with Crippen LogP contribution < -0.4 is 10.6 Å². The van der Waals surface area contributed by atoms with Gasteiger partial charge in [-0.25, -0.2) is 14.8 Å². The number of carbonyl (C=O) groups excluding carboxylic acids is 2. The molecule has 4 atom stereocenters. The van der Waals surface area contributed by atoms with Gasteiger partial charge in [-0.3, -0.25) is 4.79 Å². The maximum absolute atomic E-state index is 12.9. The van der Waals surface area contributed by atoms with Crippen molar-refractivity contribution in [3.05, 3.63) is 24.3 Å². The number of nitrogens with one attached hydrogen (secondary N) is 2. The predicted molar refractivity (Wildman–Crippen MR) is 96.7 cm³/mol. The molecule has 0 spiro atoms. The topological polar surface area (TPSA) is 92.4 Å². The molecular weight excluding hydrogens is 352 g/mol. The van der Waals surface area contributed by atoms with E-state index in [-0.39, 0.29) is 30.3 Å². The molecular formula is C18H24N4O5. The summed E-state index contributed by atoms with van der Waals surface area (Å²) in [6.07, 6.45) is -1.20. The van der Waals surface area contributed by atoms with E-state index in [2.05, 4.69) is 10.6 Å². The molecule has 3 fully saturated rings. The minimum atomic E-state index is -0.687. The van der Waals surface area contributed by atoms with Crippen LogP contribution in [0, 0.1) is 0 Å². The van der Waals surface area contributed by atoms with Crippen molar-refractivity contribution >= 4 is 23.3 Å². The van der Waals surface area contributed by atoms with E-state index in [0.717, 1.165) is 0 Å². The smallest absolute Gasteiger partial charge is 0.338 e. The lowest BCUT2D eigenvalue weighted by molar-refractivity contribution is -0.247. The second kappa shape index (κ2) is 6.45. The SMILES string of the molecule is CC(=O)Nc1ccc(NC(=O)N2[C@@H]3O[C@H](CN2C)[C@H]2OC(C)(C)O[C@H]23)cc1. The molecule has 1 aromatic carbocycles. The predicted octanol–water partition coefficient (Wildman–Crippen LogP) is 1.58. The monoisotopic (exact) mass is 376 g/mol. The van der Waals surface area contributed by atoms with Crippen molar-refractivity contribution in [3.8, 4) is 0 Å². The highest BCUT2D eigenvalue weighted by atomic mass is 16.8. The summed E-state index contributed by atoms with van der Waals surface area (Å²) in [5.41, 5.74) is 1.28. The first-order chi connectivity index (χ1) is 12.7. The maximum atomic E-state index is 12.9. The minimum Gasteiger partial charge on any atom is -0.346 e. The van der Waals surface area contributed by atoms with Crippen LogP contribution in [-0.4, -0.2) is 65.9 Å². The highest BCUT2D eigenvalue weighted by molar-refractivity contribution is 5.91. The van der Waals surface area contributed by atoms with Crippen molar-refractivity contribution in [3.63, 3.8) is 0 Å². The molecule has 3 aliphatic heterocycles. The number of rotatable bonds is 2. The Morgan fingerprint density at radius 2 is 1.67 bits per heavy atom. The summed E-state index contributed by atoms with van der Waals surface area (Å²) >= 11 is 0. The number of anilines is 2. The van der Waals surface area contributed by atoms with Crippen LogP contribution in [0.25, 0.3) is 0 Å². The standard InChI is InChI=1S/C18H24N4O5/c1-10(23)19-11-5-7-12(8-6-11)20-17(24)22-16-15-14(26-18(2,3)27-15)13(25-16)9-21(22)4/h5-8,13-16H,9H2,1-4H3,(H,19,23)(H,20,24)/t13-,14-,15-,16-/m1/s1. The minimum absolute atomic E-state index is 0.132. The lowest BCUT2D eigenvalue weighted by atomic mass is 10.1. The average Bonchev–Trinajstić information content (AvgIpc) is 3.02. The average molecular weight is 376 g/mol. The van der Waals surface area contributed by atoms with E-state index in [1.807, 2.05) is 25.9 Å². The van der Waals surface area contributed by atoms with Gasteiger partial charge in [0.2, 0.25) is 5.91 Å². The lowest BCUT2D eigenvalue weighted by Gasteiger charge is -2.42. The van der Waals surface area contributed by atoms with E-state index >= 15 is 0 Å². The molecule has 146 valence electrons. The van der Waals surface area contributed by atoms with Crippen molar-refractivity contribution in [1.82, 2.24) is 10.0 Å². The van der Waals surface area contributed by atoms with E-state index in [1.54, 1.807) is 24.3 Å². The molecule has 27 heavy (non-hydrogen) atoms. The van der Waals surface area contributed by atoms with E-state index < -0.39 is 12.0 Å². The molecule has 3 amide bonds. The Morgan fingerprint density at radius 3 is 2.30 bits per heavy atom. The number of ether oxygens (including phenoxy) is 3. The van der Waals surface area contributed by atoms with Crippen molar-refractivity contribution in [2.45, 2.75) is 51.1 Å². The molecule has 2 bridgehead atoms. The third kappa shape index (κ3) is 3.39. The molecule has 3 saturated heterocycles. The summed E-state index contributed by atoms with van der Waals surface area (Å²) < 4.78 is 17.9. The number of benzene rings is 1. The molecule has 9 nitrogen and oxygen atoms in total. The Hall–Kier alpha value is -2.20. The number of hydrazine groups is 1. The van der Waals surface area contributed by atoms with Gasteiger partial charge in [0, 0.05) is 31.9 Å². The molecule has 0 radical (unpaired) electrons. The molecule has 9 heteroatoms. The fourth-order valence-electron chi connectivity index (χ4n) is 3.84. The Kier molecular flexibility index (Phi) is 4.34. The second-order valence-electron chi connectivity index (χ2n) is 7.50. The lowest BCUT2D eigenvalue weighted by Crippen LogP contribution is -2.59. The Bertz CT molecular complexity index is 751. The Balaban J connectivity index is 1.47. The van der Waals surface area contributed by atoms with Crippen molar-refractivity contribution < 1.29 is 23.8 Å². The van der Waals surface area contributed by atoms with Gasteiger partial charge in [0.15, 0.2) is 12.0 Å². The van der Waals surface area contributed by atoms with Gasteiger partial charge in [0.1, 0.15) is 18.3 Å². The molecule has 2 N–H and O–H groups in total. The normalized spacial score (nSPS) is 31.5. The van der Waals surface area contributed by atoms with Gasteiger partial charge in [-0.2, -0.15) is 0 Å². The molecule has 0 aliphatic carbocycles. The van der Waals surface area contributed by atoms with Crippen molar-refractivity contribution in [2.24, 2.45) is 0 Å². The molecule has 0 unspecified atom stereocenters. The zero-order valence-corrected chi connectivity index (χ0v) is 15.8. The second-order valence-corrected chi connectivity index (χ2v) is 7.50. The van der Waals surface area contributed by atoms with Crippen LogP contribution in [0.4, 0.5) is 16.2 Å². The van der Waals surface area contributed by atoms with Crippen molar-refractivity contribution in [1.29, 1.82) is 0 Å². The number of amides is 3. The number of nitrogens with zero attached hydrogens (tertiary/aromatic N) is 2. The third-order valence-corrected chi connectivity index (χ3v) is 4.84. The van der Waals surface area contributed by atoms with Crippen LogP contribution in [0.2, 0.25) is 0 Å². The zero-order valence-electron chi connectivity index (χ0n) is 15.8. The van der Waals surface area contributed by atoms with Gasteiger partial charge in [0.25, 0.3) is 0 Å². The van der Waals surface area contributed by atoms with Crippen LogP contribution in [0.15, 0.2) is 24.3 Å². The number of carbonyl (C=O) groups is 2. The highest BCUT2D eigenvalue weighted by Crippen LogP contribution is 2.42. The number of likely N-dealkylation sites (N-methyl/N-ethyl adjacent to an activating group) is 1. The molecule has 3 heterocycles. The number of fused-ring (bicyclic) bond motifs is 5. The van der Waals surface area contributed by atoms with Gasteiger partial charge >= 0.3 is 6.03 Å². The van der Waals surface area contributed by atoms with Crippen LogP contribution >= 0.6 is 0 Å². The molecule has 1 aromatic rings. The molecule has 4 rings (SSSR count). The fourth-order valence-corrected chi connectivity index (χ4v) is 3.84. The van der Waals surface area contributed by atoms with Gasteiger partial charge in [-0.15, -0.1) is 0 Å². The first-order valence-corrected chi connectivity index (χ1v) is 8.93. The van der Waals surface area contributed by atoms with E-state index in [1.165, 1.54) is 11.9 Å². The summed E-state index contributed by atoms with van der Waals surface area (Å²) in [5, 5.41) is 8.92. The van der Waals surface area contributed by atoms with Crippen LogP contribution in [0.1, 0.15) is 20.8 Å². The number of urea groups is 1. The van der Waals surface area contributed by atoms with Gasteiger partial charge in [-0.1, -0.05) is 0 Å². The Labute approximate surface area is 157 Å². The van der Waals surface area contributed by atoms with Crippen LogP contribution in [0.3, 0.4) is 0 Å². The van der Waals surface area contributed by atoms with Crippen molar-refractivity contribution in [2.75, 3.05) is 24.2 Å². The van der Waals surface area contributed by atoms with E-state index in [9.17, 15) is 9.59 Å². The number of hydrogen-bond donors (Lipinski definition) is 2. The largest absolute Gasteiger partial charge is 0.346 e. The number of hydrogen-bond acceptors (Lipinski definition) is 6. The fraction of sp³-hybridized carbons (Fsp3) is 0.556. The summed E-state index contributed by atoms with van der Waals surface area (Å²) in [5.74, 6) is -0.835. The summed E-state index contributed by atoms with van der Waals surface area (Å²) in [4.78, 5) is 24.0. The molecule has 3 aliphatic rings. The van der Waals surface area contributed by atoms with E-state index in [4.69, 9.17) is 14.2 Å². The van der Waals surface area contributed by atoms with Gasteiger partial charge < -0.3 is 24.8 Å². The van der Waals surface area contributed by atoms with Crippen LogP contribution in [0.5, 0.6) is 0 Å². The zero-order chi connectivity index (χ0) is 19.3. The molecule has 0 saturated carbocycles. The first kappa shape index (κ1) is 18.2. The quantitative estimate of drug-likeness (QED) is 0.814. The van der Waals surface area contributed by atoms with E-state index in [0.29, 0.717) is 17.9 Å². The molecule has 0 aromatic heterocycles. The van der Waals surface area contributed by atoms with Crippen LogP contribution in [-0.2, 0) is 19.0 Å². The Morgan fingerprint density at radius 1 is 1.07 bits per heavy atom. The third-order valence-electron chi connectivity index (χ3n) is 4.84. The summed E-state index contributed by atoms with van der Waals surface area (Å²) in [6, 6.07) is 6.60. The maximum Gasteiger partial charge on any atom is 0.338 e. The summed E-state index contributed by atoms with van der Waals surface area (Å²) in [6.45, 7) is 5.71. The first-order valence-electron chi connectivity index (χ1n) is 8.93. The van der Waals surface area contributed by atoms with Gasteiger partial charge in [0.05, 0.1) is 0 Å². The summed E-state index contributed by atoms with van der Waals surface area (Å²) in [7, 11) is 1.84. The van der Waals surface area contributed by atoms with Gasteiger partial charge in [-0.05, 0) is 38.1 Å².